The summed E-state index contributed by atoms with van der Waals surface area (Å²) >= 11 is 10.5. The SMILES string of the molecule is CC(=[Se])Sc1ccccc1Cl. The molecule has 0 fully saturated rings. The van der Waals surface area contributed by atoms with Gasteiger partial charge < -0.3 is 0 Å². The predicted octanol–water partition coefficient (Wildman–Crippen LogP) is 2.75. The van der Waals surface area contributed by atoms with Gasteiger partial charge in [-0.3, -0.25) is 0 Å². The molecule has 11 heavy (non-hydrogen) atoms. The Morgan fingerprint density at radius 3 is 2.64 bits per heavy atom. The zero-order chi connectivity index (χ0) is 8.27. The van der Waals surface area contributed by atoms with Gasteiger partial charge in [0.2, 0.25) is 0 Å². The fourth-order valence-electron chi connectivity index (χ4n) is 0.682. The summed E-state index contributed by atoms with van der Waals surface area (Å²) < 4.78 is 1.18. The van der Waals surface area contributed by atoms with E-state index in [9.17, 15) is 0 Å². The second-order valence-electron chi connectivity index (χ2n) is 2.02. The molecule has 1 aromatic rings. The summed E-state index contributed by atoms with van der Waals surface area (Å²) in [6, 6.07) is 7.82. The predicted molar refractivity (Wildman–Crippen MR) is 53.7 cm³/mol. The number of benzene rings is 1. The van der Waals surface area contributed by atoms with Gasteiger partial charge >= 0.3 is 83.8 Å². The Morgan fingerprint density at radius 2 is 2.09 bits per heavy atom. The Hall–Kier alpha value is 0.249. The molecule has 0 aliphatic carbocycles. The fraction of sp³-hybridized carbons (Fsp3) is 0.125. The molecule has 1 rings (SSSR count). The van der Waals surface area contributed by atoms with E-state index >= 15 is 0 Å². The molecule has 0 heterocycles. The third kappa shape index (κ3) is 3.00. The Morgan fingerprint density at radius 1 is 1.45 bits per heavy atom. The average molecular weight is 250 g/mol. The second-order valence-corrected chi connectivity index (χ2v) is 5.56. The molecular weight excluding hydrogens is 243 g/mol. The molecule has 0 radical (unpaired) electrons. The van der Waals surface area contributed by atoms with Crippen LogP contribution < -0.4 is 0 Å². The van der Waals surface area contributed by atoms with Crippen molar-refractivity contribution < 1.29 is 0 Å². The first-order valence-corrected chi connectivity index (χ1v) is 5.18. The maximum atomic E-state index is 5.92. The number of rotatable bonds is 2. The molecular formula is C8H7ClSSe. The van der Waals surface area contributed by atoms with Crippen molar-refractivity contribution in [2.75, 3.05) is 0 Å². The zero-order valence-electron chi connectivity index (χ0n) is 6.00. The molecule has 0 unspecified atom stereocenters. The van der Waals surface area contributed by atoms with Crippen molar-refractivity contribution in [2.45, 2.75) is 11.8 Å². The molecule has 0 atom stereocenters. The summed E-state index contributed by atoms with van der Waals surface area (Å²) in [4.78, 5) is 1.10. The van der Waals surface area contributed by atoms with E-state index in [0.717, 1.165) is 9.92 Å². The third-order valence-corrected chi connectivity index (χ3v) is 2.92. The van der Waals surface area contributed by atoms with Crippen LogP contribution in [0.5, 0.6) is 0 Å². The van der Waals surface area contributed by atoms with Crippen LogP contribution >= 0.6 is 23.4 Å². The van der Waals surface area contributed by atoms with Crippen molar-refractivity contribution >= 4 is 42.7 Å². The van der Waals surface area contributed by atoms with Crippen LogP contribution in [0.25, 0.3) is 0 Å². The van der Waals surface area contributed by atoms with Gasteiger partial charge in [-0.2, -0.15) is 0 Å². The maximum absolute atomic E-state index is 5.92. The minimum atomic E-state index is 0.812. The molecule has 0 nitrogen and oxygen atoms in total. The van der Waals surface area contributed by atoms with E-state index < -0.39 is 0 Å². The van der Waals surface area contributed by atoms with Crippen molar-refractivity contribution in [3.05, 3.63) is 29.3 Å². The molecule has 0 saturated heterocycles. The van der Waals surface area contributed by atoms with Crippen LogP contribution in [0.1, 0.15) is 6.92 Å². The molecule has 0 spiro atoms. The van der Waals surface area contributed by atoms with Crippen LogP contribution in [0.2, 0.25) is 5.02 Å². The zero-order valence-corrected chi connectivity index (χ0v) is 9.29. The van der Waals surface area contributed by atoms with Gasteiger partial charge in [-0.15, -0.1) is 0 Å². The van der Waals surface area contributed by atoms with Crippen molar-refractivity contribution in [3.63, 3.8) is 0 Å². The van der Waals surface area contributed by atoms with Gasteiger partial charge in [0.25, 0.3) is 0 Å². The van der Waals surface area contributed by atoms with Crippen LogP contribution in [0, 0.1) is 0 Å². The number of thioether (sulfide) groups is 1. The molecule has 58 valence electrons. The normalized spacial score (nSPS) is 9.64. The molecule has 0 amide bonds. The van der Waals surface area contributed by atoms with E-state index in [-0.39, 0.29) is 0 Å². The van der Waals surface area contributed by atoms with Crippen molar-refractivity contribution in [3.8, 4) is 0 Å². The van der Waals surface area contributed by atoms with Crippen molar-refractivity contribution in [1.29, 1.82) is 0 Å². The summed E-state index contributed by atoms with van der Waals surface area (Å²) in [6.07, 6.45) is 0. The van der Waals surface area contributed by atoms with Crippen molar-refractivity contribution in [2.24, 2.45) is 0 Å². The van der Waals surface area contributed by atoms with Gasteiger partial charge in [0.15, 0.2) is 0 Å². The standard InChI is InChI=1S/C8H7ClSSe/c1-6(11)10-8-5-3-2-4-7(8)9/h2-5H,1H3. The van der Waals surface area contributed by atoms with E-state index in [4.69, 9.17) is 11.6 Å². The summed E-state index contributed by atoms with van der Waals surface area (Å²) in [5.41, 5.74) is 0. The van der Waals surface area contributed by atoms with Crippen LogP contribution in [0.3, 0.4) is 0 Å². The molecule has 3 heteroatoms. The molecule has 1 aromatic carbocycles. The summed E-state index contributed by atoms with van der Waals surface area (Å²) in [5, 5.41) is 0.812. The number of hydrogen-bond acceptors (Lipinski definition) is 1. The topological polar surface area (TPSA) is 0 Å². The molecule has 0 aliphatic heterocycles. The van der Waals surface area contributed by atoms with Crippen molar-refractivity contribution in [1.82, 2.24) is 0 Å². The van der Waals surface area contributed by atoms with Gasteiger partial charge in [-0.1, -0.05) is 0 Å². The Balaban J connectivity index is 2.86. The van der Waals surface area contributed by atoms with Gasteiger partial charge in [0.05, 0.1) is 0 Å². The van der Waals surface area contributed by atoms with E-state index in [2.05, 4.69) is 15.6 Å². The second kappa shape index (κ2) is 4.32. The third-order valence-electron chi connectivity index (χ3n) is 1.09. The fourth-order valence-corrected chi connectivity index (χ4v) is 2.12. The molecule has 0 saturated carbocycles. The van der Waals surface area contributed by atoms with Gasteiger partial charge in [-0.25, -0.2) is 0 Å². The molecule has 0 N–H and O–H groups in total. The van der Waals surface area contributed by atoms with E-state index in [1.807, 2.05) is 31.2 Å². The van der Waals surface area contributed by atoms with Gasteiger partial charge in [0.1, 0.15) is 0 Å². The van der Waals surface area contributed by atoms with Crippen LogP contribution in [0.15, 0.2) is 29.2 Å². The number of hydrogen-bond donors (Lipinski definition) is 0. The Bertz CT molecular complexity index is 273. The van der Waals surface area contributed by atoms with Crippen LogP contribution in [-0.4, -0.2) is 19.3 Å². The monoisotopic (exact) mass is 250 g/mol. The van der Waals surface area contributed by atoms with E-state index in [1.54, 1.807) is 11.8 Å². The average Bonchev–Trinajstić information content (AvgIpc) is 1.93. The molecule has 0 aliphatic rings. The van der Waals surface area contributed by atoms with Crippen LogP contribution in [0.4, 0.5) is 0 Å². The molecule has 0 bridgehead atoms. The Kier molecular flexibility index (Phi) is 3.67. The van der Waals surface area contributed by atoms with E-state index in [0.29, 0.717) is 0 Å². The first kappa shape index (κ1) is 9.34. The summed E-state index contributed by atoms with van der Waals surface area (Å²) in [6.45, 7) is 2.02. The summed E-state index contributed by atoms with van der Waals surface area (Å²) in [5.74, 6) is 0. The summed E-state index contributed by atoms with van der Waals surface area (Å²) in [7, 11) is 0. The van der Waals surface area contributed by atoms with E-state index in [1.165, 1.54) is 3.75 Å². The first-order valence-electron chi connectivity index (χ1n) is 3.13. The Labute approximate surface area is 83.7 Å². The quantitative estimate of drug-likeness (QED) is 0.574. The van der Waals surface area contributed by atoms with Crippen LogP contribution in [-0.2, 0) is 0 Å². The minimum absolute atomic E-state index is 0.812. The first-order chi connectivity index (χ1) is 5.20. The van der Waals surface area contributed by atoms with Gasteiger partial charge in [-0.05, 0) is 0 Å². The van der Waals surface area contributed by atoms with Gasteiger partial charge in [0, 0.05) is 0 Å². The molecule has 0 aromatic heterocycles. The number of halogens is 1.